The minimum atomic E-state index is -0.136. The normalized spacial score (nSPS) is 17.3. The number of nitrogens with one attached hydrogen (secondary N) is 1. The lowest BCUT2D eigenvalue weighted by atomic mass is 9.78. The van der Waals surface area contributed by atoms with E-state index < -0.39 is 0 Å². The van der Waals surface area contributed by atoms with Crippen molar-refractivity contribution in [2.75, 3.05) is 6.54 Å². The Hall–Kier alpha value is -1.35. The van der Waals surface area contributed by atoms with Crippen molar-refractivity contribution in [2.45, 2.75) is 38.1 Å². The number of carbonyl (C=O) groups is 1. The summed E-state index contributed by atoms with van der Waals surface area (Å²) in [5, 5.41) is 2.92. The van der Waals surface area contributed by atoms with Gasteiger partial charge in [0.25, 0.3) is 0 Å². The quantitative estimate of drug-likeness (QED) is 0.827. The Labute approximate surface area is 102 Å². The van der Waals surface area contributed by atoms with Gasteiger partial charge < -0.3 is 11.1 Å². The zero-order chi connectivity index (χ0) is 12.3. The zero-order valence-electron chi connectivity index (χ0n) is 10.3. The fourth-order valence-corrected chi connectivity index (χ4v) is 2.04. The summed E-state index contributed by atoms with van der Waals surface area (Å²) in [7, 11) is 0. The van der Waals surface area contributed by atoms with Crippen LogP contribution in [0.25, 0.3) is 0 Å². The molecule has 0 heterocycles. The molecule has 2 rings (SSSR count). The van der Waals surface area contributed by atoms with Gasteiger partial charge in [0, 0.05) is 12.1 Å². The van der Waals surface area contributed by atoms with Gasteiger partial charge in [0.2, 0.25) is 5.91 Å². The van der Waals surface area contributed by atoms with Crippen LogP contribution in [0.1, 0.15) is 30.4 Å². The van der Waals surface area contributed by atoms with E-state index in [9.17, 15) is 4.79 Å². The molecule has 0 saturated heterocycles. The molecule has 0 aliphatic heterocycles. The Bertz CT molecular complexity index is 393. The third kappa shape index (κ3) is 3.30. The molecule has 0 atom stereocenters. The van der Waals surface area contributed by atoms with Crippen molar-refractivity contribution in [3.05, 3.63) is 35.4 Å². The first-order valence-corrected chi connectivity index (χ1v) is 6.19. The average Bonchev–Trinajstić information content (AvgIpc) is 2.27. The van der Waals surface area contributed by atoms with Crippen molar-refractivity contribution in [2.24, 2.45) is 5.73 Å². The highest BCUT2D eigenvalue weighted by Crippen LogP contribution is 2.27. The molecule has 17 heavy (non-hydrogen) atoms. The maximum atomic E-state index is 11.7. The average molecular weight is 232 g/mol. The van der Waals surface area contributed by atoms with E-state index >= 15 is 0 Å². The van der Waals surface area contributed by atoms with Gasteiger partial charge in [-0.25, -0.2) is 0 Å². The lowest BCUT2D eigenvalue weighted by Gasteiger charge is -2.38. The fourth-order valence-electron chi connectivity index (χ4n) is 2.04. The van der Waals surface area contributed by atoms with Crippen LogP contribution in [0.2, 0.25) is 0 Å². The van der Waals surface area contributed by atoms with Crippen molar-refractivity contribution < 1.29 is 4.79 Å². The molecule has 0 aromatic heterocycles. The van der Waals surface area contributed by atoms with Crippen molar-refractivity contribution in [3.8, 4) is 0 Å². The summed E-state index contributed by atoms with van der Waals surface area (Å²) in [5.41, 5.74) is 8.18. The smallest absolute Gasteiger partial charge is 0.224 e. The van der Waals surface area contributed by atoms with E-state index in [1.54, 1.807) is 0 Å². The van der Waals surface area contributed by atoms with E-state index in [0.717, 1.165) is 18.4 Å². The largest absolute Gasteiger partial charge is 0.354 e. The van der Waals surface area contributed by atoms with Crippen LogP contribution in [0.4, 0.5) is 0 Å². The number of hydrogen-bond donors (Lipinski definition) is 2. The lowest BCUT2D eigenvalue weighted by molar-refractivity contribution is -0.120. The molecule has 0 radical (unpaired) electrons. The van der Waals surface area contributed by atoms with Gasteiger partial charge in [0.1, 0.15) is 0 Å². The zero-order valence-corrected chi connectivity index (χ0v) is 10.3. The third-order valence-corrected chi connectivity index (χ3v) is 3.47. The number of nitrogens with two attached hydrogens (primary N) is 1. The molecule has 1 aromatic carbocycles. The minimum Gasteiger partial charge on any atom is -0.354 e. The van der Waals surface area contributed by atoms with E-state index in [0.29, 0.717) is 13.0 Å². The monoisotopic (exact) mass is 232 g/mol. The van der Waals surface area contributed by atoms with Crippen LogP contribution in [0.3, 0.4) is 0 Å². The van der Waals surface area contributed by atoms with E-state index in [1.807, 2.05) is 31.2 Å². The summed E-state index contributed by atoms with van der Waals surface area (Å²) in [6.07, 6.45) is 3.68. The molecule has 0 bridgehead atoms. The van der Waals surface area contributed by atoms with Gasteiger partial charge in [0.05, 0.1) is 6.42 Å². The van der Waals surface area contributed by atoms with E-state index in [2.05, 4.69) is 5.32 Å². The Balaban J connectivity index is 1.79. The van der Waals surface area contributed by atoms with Crippen molar-refractivity contribution in [3.63, 3.8) is 0 Å². The predicted octanol–water partition coefficient (Wildman–Crippen LogP) is 1.54. The van der Waals surface area contributed by atoms with Crippen LogP contribution in [0.15, 0.2) is 24.3 Å². The second-order valence-corrected chi connectivity index (χ2v) is 5.16. The summed E-state index contributed by atoms with van der Waals surface area (Å²) >= 11 is 0. The van der Waals surface area contributed by atoms with Crippen LogP contribution in [-0.4, -0.2) is 18.0 Å². The molecule has 1 aliphatic carbocycles. The highest BCUT2D eigenvalue weighted by Gasteiger charge is 2.32. The molecule has 1 fully saturated rings. The standard InChI is InChI=1S/C14H20N2O/c1-11-3-5-12(6-4-11)9-13(17)16-10-14(15)7-2-8-14/h3-6H,2,7-10,15H2,1H3,(H,16,17). The van der Waals surface area contributed by atoms with Gasteiger partial charge in [-0.1, -0.05) is 29.8 Å². The predicted molar refractivity (Wildman–Crippen MR) is 68.7 cm³/mol. The maximum absolute atomic E-state index is 11.7. The lowest BCUT2D eigenvalue weighted by Crippen LogP contribution is -2.55. The highest BCUT2D eigenvalue weighted by atomic mass is 16.1. The van der Waals surface area contributed by atoms with Crippen molar-refractivity contribution >= 4 is 5.91 Å². The second-order valence-electron chi connectivity index (χ2n) is 5.16. The van der Waals surface area contributed by atoms with Gasteiger partial charge in [-0.15, -0.1) is 0 Å². The molecule has 1 saturated carbocycles. The Morgan fingerprint density at radius 3 is 2.53 bits per heavy atom. The van der Waals surface area contributed by atoms with E-state index in [-0.39, 0.29) is 11.4 Å². The fraction of sp³-hybridized carbons (Fsp3) is 0.500. The topological polar surface area (TPSA) is 55.1 Å². The first-order valence-electron chi connectivity index (χ1n) is 6.19. The number of rotatable bonds is 4. The van der Waals surface area contributed by atoms with Crippen LogP contribution in [-0.2, 0) is 11.2 Å². The molecule has 3 heteroatoms. The Kier molecular flexibility index (Phi) is 3.48. The summed E-state index contributed by atoms with van der Waals surface area (Å²) in [5.74, 6) is 0.0607. The van der Waals surface area contributed by atoms with Crippen LogP contribution >= 0.6 is 0 Å². The molecule has 1 aromatic rings. The van der Waals surface area contributed by atoms with Crippen LogP contribution < -0.4 is 11.1 Å². The summed E-state index contributed by atoms with van der Waals surface area (Å²) in [4.78, 5) is 11.7. The van der Waals surface area contributed by atoms with E-state index in [4.69, 9.17) is 5.73 Å². The van der Waals surface area contributed by atoms with Gasteiger partial charge in [0.15, 0.2) is 0 Å². The summed E-state index contributed by atoms with van der Waals surface area (Å²) in [6.45, 7) is 2.65. The summed E-state index contributed by atoms with van der Waals surface area (Å²) < 4.78 is 0. The molecule has 1 aliphatic rings. The maximum Gasteiger partial charge on any atom is 0.224 e. The minimum absolute atomic E-state index is 0.0607. The molecular weight excluding hydrogens is 212 g/mol. The number of aryl methyl sites for hydroxylation is 1. The van der Waals surface area contributed by atoms with Gasteiger partial charge in [-0.2, -0.15) is 0 Å². The molecule has 3 N–H and O–H groups in total. The highest BCUT2D eigenvalue weighted by molar-refractivity contribution is 5.78. The van der Waals surface area contributed by atoms with Crippen molar-refractivity contribution in [1.29, 1.82) is 0 Å². The number of amides is 1. The first kappa shape index (κ1) is 12.1. The number of benzene rings is 1. The Morgan fingerprint density at radius 2 is 2.00 bits per heavy atom. The first-order chi connectivity index (χ1) is 8.07. The van der Waals surface area contributed by atoms with E-state index in [1.165, 1.54) is 12.0 Å². The Morgan fingerprint density at radius 1 is 1.35 bits per heavy atom. The molecule has 0 spiro atoms. The molecule has 1 amide bonds. The number of hydrogen-bond acceptors (Lipinski definition) is 2. The third-order valence-electron chi connectivity index (χ3n) is 3.47. The van der Waals surface area contributed by atoms with Gasteiger partial charge >= 0.3 is 0 Å². The molecule has 0 unspecified atom stereocenters. The van der Waals surface area contributed by atoms with Gasteiger partial charge in [-0.05, 0) is 31.7 Å². The number of carbonyl (C=O) groups excluding carboxylic acids is 1. The van der Waals surface area contributed by atoms with Crippen molar-refractivity contribution in [1.82, 2.24) is 5.32 Å². The summed E-state index contributed by atoms with van der Waals surface area (Å²) in [6, 6.07) is 8.05. The molecular formula is C14H20N2O. The molecule has 92 valence electrons. The molecule has 3 nitrogen and oxygen atoms in total. The van der Waals surface area contributed by atoms with Crippen LogP contribution in [0, 0.1) is 6.92 Å². The van der Waals surface area contributed by atoms with Crippen LogP contribution in [0.5, 0.6) is 0 Å². The SMILES string of the molecule is Cc1ccc(CC(=O)NCC2(N)CCC2)cc1. The van der Waals surface area contributed by atoms with Gasteiger partial charge in [-0.3, -0.25) is 4.79 Å². The second kappa shape index (κ2) is 4.88.